The van der Waals surface area contributed by atoms with Crippen LogP contribution in [0.25, 0.3) is 0 Å². The van der Waals surface area contributed by atoms with Gasteiger partial charge in [0.15, 0.2) is 0 Å². The lowest BCUT2D eigenvalue weighted by atomic mass is 10.1. The first-order valence-corrected chi connectivity index (χ1v) is 4.37. The number of rotatable bonds is 3. The molecule has 13 heavy (non-hydrogen) atoms. The predicted octanol–water partition coefficient (Wildman–Crippen LogP) is 2.42. The maximum atomic E-state index is 9.69. The molecule has 1 heterocycles. The van der Waals surface area contributed by atoms with E-state index in [0.717, 1.165) is 17.7 Å². The Morgan fingerprint density at radius 2 is 2.38 bits per heavy atom. The Kier molecular flexibility index (Phi) is 3.60. The van der Waals surface area contributed by atoms with Crippen molar-refractivity contribution in [2.24, 2.45) is 0 Å². The van der Waals surface area contributed by atoms with E-state index < -0.39 is 6.10 Å². The van der Waals surface area contributed by atoms with Crippen molar-refractivity contribution in [1.82, 2.24) is 0 Å². The monoisotopic (exact) mass is 178 g/mol. The van der Waals surface area contributed by atoms with E-state index in [1.54, 1.807) is 19.3 Å². The zero-order chi connectivity index (χ0) is 9.68. The first kappa shape index (κ1) is 9.88. The van der Waals surface area contributed by atoms with Crippen LogP contribution in [0.1, 0.15) is 37.2 Å². The van der Waals surface area contributed by atoms with Gasteiger partial charge >= 0.3 is 0 Å². The highest BCUT2D eigenvalue weighted by atomic mass is 16.3. The second kappa shape index (κ2) is 4.74. The summed E-state index contributed by atoms with van der Waals surface area (Å²) in [7, 11) is 0. The maximum absolute atomic E-state index is 9.69. The second-order valence-corrected chi connectivity index (χ2v) is 2.91. The Labute approximate surface area is 78.6 Å². The van der Waals surface area contributed by atoms with E-state index in [-0.39, 0.29) is 0 Å². The fourth-order valence-corrected chi connectivity index (χ4v) is 1.23. The van der Waals surface area contributed by atoms with E-state index in [4.69, 9.17) is 4.42 Å². The number of aliphatic hydroxyl groups is 1. The lowest BCUT2D eigenvalue weighted by Gasteiger charge is -2.06. The van der Waals surface area contributed by atoms with E-state index in [0.29, 0.717) is 6.42 Å². The molecule has 0 bridgehead atoms. The molecule has 1 N–H and O–H groups in total. The molecule has 70 valence electrons. The Morgan fingerprint density at radius 3 is 2.92 bits per heavy atom. The predicted molar refractivity (Wildman–Crippen MR) is 51.1 cm³/mol. The summed E-state index contributed by atoms with van der Waals surface area (Å²) in [5, 5.41) is 9.69. The summed E-state index contributed by atoms with van der Waals surface area (Å²) in [6, 6.07) is 1.80. The molecular formula is C11H14O2. The van der Waals surface area contributed by atoms with Gasteiger partial charge in [-0.1, -0.05) is 0 Å². The fourth-order valence-electron chi connectivity index (χ4n) is 1.23. The van der Waals surface area contributed by atoms with Crippen LogP contribution in [0.5, 0.6) is 0 Å². The van der Waals surface area contributed by atoms with Crippen molar-refractivity contribution >= 4 is 0 Å². The van der Waals surface area contributed by atoms with E-state index in [9.17, 15) is 5.11 Å². The van der Waals surface area contributed by atoms with Crippen LogP contribution in [0.3, 0.4) is 0 Å². The molecule has 2 nitrogen and oxygen atoms in total. The Morgan fingerprint density at radius 1 is 1.62 bits per heavy atom. The molecule has 0 radical (unpaired) electrons. The van der Waals surface area contributed by atoms with Crippen LogP contribution in [-0.4, -0.2) is 5.11 Å². The van der Waals surface area contributed by atoms with Crippen LogP contribution in [0, 0.1) is 18.8 Å². The van der Waals surface area contributed by atoms with Crippen molar-refractivity contribution in [1.29, 1.82) is 0 Å². The second-order valence-electron chi connectivity index (χ2n) is 2.91. The first-order valence-electron chi connectivity index (χ1n) is 4.37. The minimum Gasteiger partial charge on any atom is -0.469 e. The minimum atomic E-state index is -0.445. The smallest absolute Gasteiger partial charge is 0.106 e. The largest absolute Gasteiger partial charge is 0.469 e. The average molecular weight is 178 g/mol. The van der Waals surface area contributed by atoms with Crippen molar-refractivity contribution in [2.75, 3.05) is 0 Å². The molecule has 1 unspecified atom stereocenters. The third kappa shape index (κ3) is 2.64. The van der Waals surface area contributed by atoms with Gasteiger partial charge in [-0.15, -0.1) is 11.8 Å². The standard InChI is InChI=1S/C11H14O2/c1-3-4-5-6-11(12)10-7-8-13-9(10)2/h7-8,11-12H,5-6H2,1-2H3. The van der Waals surface area contributed by atoms with Gasteiger partial charge in [0.05, 0.1) is 12.4 Å². The average Bonchev–Trinajstić information content (AvgIpc) is 2.52. The third-order valence-electron chi connectivity index (χ3n) is 1.98. The highest BCUT2D eigenvalue weighted by Gasteiger charge is 2.11. The van der Waals surface area contributed by atoms with Crippen LogP contribution in [-0.2, 0) is 0 Å². The summed E-state index contributed by atoms with van der Waals surface area (Å²) in [5.41, 5.74) is 0.873. The lowest BCUT2D eigenvalue weighted by Crippen LogP contribution is -1.96. The van der Waals surface area contributed by atoms with Crippen molar-refractivity contribution in [3.8, 4) is 11.8 Å². The summed E-state index contributed by atoms with van der Waals surface area (Å²) < 4.78 is 5.10. The number of hydrogen-bond donors (Lipinski definition) is 1. The molecule has 1 aromatic heterocycles. The fraction of sp³-hybridized carbons (Fsp3) is 0.455. The molecular weight excluding hydrogens is 164 g/mol. The third-order valence-corrected chi connectivity index (χ3v) is 1.98. The number of aliphatic hydroxyl groups excluding tert-OH is 1. The van der Waals surface area contributed by atoms with Gasteiger partial charge in [0, 0.05) is 12.0 Å². The number of aryl methyl sites for hydroxylation is 1. The van der Waals surface area contributed by atoms with Gasteiger partial charge in [0.25, 0.3) is 0 Å². The summed E-state index contributed by atoms with van der Waals surface area (Å²) in [5.74, 6) is 6.51. The summed E-state index contributed by atoms with van der Waals surface area (Å²) in [6.07, 6.45) is 2.54. The quantitative estimate of drug-likeness (QED) is 0.721. The molecule has 0 aliphatic carbocycles. The van der Waals surface area contributed by atoms with Gasteiger partial charge in [-0.25, -0.2) is 0 Å². The normalized spacial score (nSPS) is 11.9. The van der Waals surface area contributed by atoms with Crippen molar-refractivity contribution in [3.05, 3.63) is 23.7 Å². The molecule has 0 aliphatic heterocycles. The molecule has 0 fully saturated rings. The highest BCUT2D eigenvalue weighted by molar-refractivity contribution is 5.18. The molecule has 2 heteroatoms. The van der Waals surface area contributed by atoms with E-state index in [2.05, 4.69) is 11.8 Å². The van der Waals surface area contributed by atoms with Crippen LogP contribution in [0.2, 0.25) is 0 Å². The van der Waals surface area contributed by atoms with Crippen LogP contribution in [0.4, 0.5) is 0 Å². The first-order chi connectivity index (χ1) is 6.25. The summed E-state index contributed by atoms with van der Waals surface area (Å²) in [4.78, 5) is 0. The molecule has 1 aromatic rings. The molecule has 0 saturated heterocycles. The Balaban J connectivity index is 2.52. The molecule has 0 aliphatic rings. The Hall–Kier alpha value is -1.20. The zero-order valence-corrected chi connectivity index (χ0v) is 8.00. The van der Waals surface area contributed by atoms with Crippen LogP contribution < -0.4 is 0 Å². The highest BCUT2D eigenvalue weighted by Crippen LogP contribution is 2.22. The van der Waals surface area contributed by atoms with Crippen LogP contribution >= 0.6 is 0 Å². The van der Waals surface area contributed by atoms with Crippen molar-refractivity contribution in [3.63, 3.8) is 0 Å². The number of hydrogen-bond acceptors (Lipinski definition) is 2. The van der Waals surface area contributed by atoms with Gasteiger partial charge in [0.1, 0.15) is 5.76 Å². The molecule has 1 rings (SSSR count). The maximum Gasteiger partial charge on any atom is 0.106 e. The van der Waals surface area contributed by atoms with E-state index >= 15 is 0 Å². The Bertz CT molecular complexity index is 314. The van der Waals surface area contributed by atoms with Gasteiger partial charge in [-0.2, -0.15) is 0 Å². The van der Waals surface area contributed by atoms with Crippen molar-refractivity contribution in [2.45, 2.75) is 32.8 Å². The van der Waals surface area contributed by atoms with Crippen molar-refractivity contribution < 1.29 is 9.52 Å². The SMILES string of the molecule is CC#CCCC(O)c1ccoc1C. The topological polar surface area (TPSA) is 33.4 Å². The summed E-state index contributed by atoms with van der Waals surface area (Å²) >= 11 is 0. The van der Waals surface area contributed by atoms with Gasteiger partial charge in [-0.05, 0) is 26.3 Å². The van der Waals surface area contributed by atoms with E-state index in [1.807, 2.05) is 6.92 Å². The molecule has 0 amide bonds. The van der Waals surface area contributed by atoms with Gasteiger partial charge in [0.2, 0.25) is 0 Å². The molecule has 1 atom stereocenters. The van der Waals surface area contributed by atoms with Crippen LogP contribution in [0.15, 0.2) is 16.7 Å². The van der Waals surface area contributed by atoms with E-state index in [1.165, 1.54) is 0 Å². The summed E-state index contributed by atoms with van der Waals surface area (Å²) in [6.45, 7) is 3.65. The van der Waals surface area contributed by atoms with Gasteiger partial charge < -0.3 is 9.52 Å². The van der Waals surface area contributed by atoms with Gasteiger partial charge in [-0.3, -0.25) is 0 Å². The lowest BCUT2D eigenvalue weighted by molar-refractivity contribution is 0.167. The molecule has 0 saturated carbocycles. The number of furan rings is 1. The molecule has 0 spiro atoms. The molecule has 0 aromatic carbocycles. The zero-order valence-electron chi connectivity index (χ0n) is 8.00. The minimum absolute atomic E-state index is 0.445.